The first-order valence-electron chi connectivity index (χ1n) is 7.81. The van der Waals surface area contributed by atoms with E-state index in [1.807, 2.05) is 12.1 Å². The molecule has 1 aromatic rings. The zero-order valence-corrected chi connectivity index (χ0v) is 17.5. The minimum atomic E-state index is 0. The molecular weight excluding hydrogens is 421 g/mol. The van der Waals surface area contributed by atoms with Crippen molar-refractivity contribution in [2.45, 2.75) is 25.8 Å². The van der Waals surface area contributed by atoms with Crippen LogP contribution in [0.1, 0.15) is 18.9 Å². The molecule has 0 aliphatic carbocycles. The van der Waals surface area contributed by atoms with Crippen LogP contribution in [0.15, 0.2) is 23.2 Å². The van der Waals surface area contributed by atoms with Gasteiger partial charge in [-0.2, -0.15) is 0 Å². The molecule has 2 N–H and O–H groups in total. The fraction of sp³-hybridized carbons (Fsp3) is 0.588. The van der Waals surface area contributed by atoms with Crippen LogP contribution in [-0.2, 0) is 11.2 Å². The second kappa shape index (κ2) is 13.1. The van der Waals surface area contributed by atoms with Gasteiger partial charge in [-0.25, -0.2) is 0 Å². The van der Waals surface area contributed by atoms with Crippen LogP contribution >= 0.6 is 24.0 Å². The molecule has 0 spiro atoms. The molecule has 0 saturated heterocycles. The second-order valence-corrected chi connectivity index (χ2v) is 5.29. The Kier molecular flexibility index (Phi) is 12.4. The third-order valence-corrected chi connectivity index (χ3v) is 3.41. The van der Waals surface area contributed by atoms with E-state index in [1.54, 1.807) is 28.4 Å². The maximum atomic E-state index is 5.32. The largest absolute Gasteiger partial charge is 0.493 e. The quantitative estimate of drug-likeness (QED) is 0.262. The van der Waals surface area contributed by atoms with E-state index in [4.69, 9.17) is 14.2 Å². The lowest BCUT2D eigenvalue weighted by Crippen LogP contribution is -2.44. The molecule has 0 aromatic heterocycles. The predicted octanol–water partition coefficient (Wildman–Crippen LogP) is 2.45. The van der Waals surface area contributed by atoms with E-state index < -0.39 is 0 Å². The molecule has 0 amide bonds. The number of aryl methyl sites for hydroxylation is 1. The number of hydrogen-bond acceptors (Lipinski definition) is 4. The van der Waals surface area contributed by atoms with Gasteiger partial charge in [-0.05, 0) is 37.5 Å². The molecule has 0 aliphatic heterocycles. The molecule has 0 saturated carbocycles. The Bertz CT molecular complexity index is 498. The average Bonchev–Trinajstić information content (AvgIpc) is 2.57. The number of rotatable bonds is 9. The molecule has 24 heavy (non-hydrogen) atoms. The number of guanidine groups is 1. The standard InChI is InChI=1S/C17H29N3O3.HI/c1-13(12-21-3)20-17(18-2)19-10-6-7-14-8-9-15(22-4)16(11-14)23-5;/h8-9,11,13H,6-7,10,12H2,1-5H3,(H2,18,19,20);1H. The van der Waals surface area contributed by atoms with Crippen molar-refractivity contribution >= 4 is 29.9 Å². The highest BCUT2D eigenvalue weighted by atomic mass is 127. The van der Waals surface area contributed by atoms with Crippen molar-refractivity contribution < 1.29 is 14.2 Å². The van der Waals surface area contributed by atoms with Gasteiger partial charge < -0.3 is 24.8 Å². The van der Waals surface area contributed by atoms with Crippen LogP contribution in [0.4, 0.5) is 0 Å². The number of methoxy groups -OCH3 is 3. The Morgan fingerprint density at radius 3 is 2.46 bits per heavy atom. The van der Waals surface area contributed by atoms with Crippen LogP contribution in [0.3, 0.4) is 0 Å². The predicted molar refractivity (Wildman–Crippen MR) is 109 cm³/mol. The molecule has 0 bridgehead atoms. The summed E-state index contributed by atoms with van der Waals surface area (Å²) in [4.78, 5) is 4.21. The Balaban J connectivity index is 0.00000529. The monoisotopic (exact) mass is 451 g/mol. The fourth-order valence-corrected chi connectivity index (χ4v) is 2.26. The molecule has 1 rings (SSSR count). The minimum Gasteiger partial charge on any atom is -0.493 e. The second-order valence-electron chi connectivity index (χ2n) is 5.29. The maximum Gasteiger partial charge on any atom is 0.191 e. The third-order valence-electron chi connectivity index (χ3n) is 3.41. The summed E-state index contributed by atoms with van der Waals surface area (Å²) in [6.45, 7) is 3.54. The number of nitrogens with one attached hydrogen (secondary N) is 2. The van der Waals surface area contributed by atoms with Crippen molar-refractivity contribution in [1.29, 1.82) is 0 Å². The van der Waals surface area contributed by atoms with Crippen molar-refractivity contribution in [3.05, 3.63) is 23.8 Å². The van der Waals surface area contributed by atoms with E-state index in [0.717, 1.165) is 36.8 Å². The average molecular weight is 451 g/mol. The normalized spacial score (nSPS) is 12.1. The topological polar surface area (TPSA) is 64.1 Å². The highest BCUT2D eigenvalue weighted by Crippen LogP contribution is 2.27. The molecule has 0 radical (unpaired) electrons. The van der Waals surface area contributed by atoms with E-state index >= 15 is 0 Å². The van der Waals surface area contributed by atoms with Gasteiger partial charge in [0.15, 0.2) is 17.5 Å². The molecule has 0 fully saturated rings. The molecule has 1 aromatic carbocycles. The molecular formula is C17H30IN3O3. The smallest absolute Gasteiger partial charge is 0.191 e. The SMILES string of the molecule is CN=C(NCCCc1ccc(OC)c(OC)c1)NC(C)COC.I. The fourth-order valence-electron chi connectivity index (χ4n) is 2.26. The first kappa shape index (κ1) is 22.8. The van der Waals surface area contributed by atoms with E-state index in [0.29, 0.717) is 6.61 Å². The molecule has 1 atom stereocenters. The maximum absolute atomic E-state index is 5.32. The van der Waals surface area contributed by atoms with Gasteiger partial charge in [0.1, 0.15) is 0 Å². The first-order chi connectivity index (χ1) is 11.1. The van der Waals surface area contributed by atoms with Crippen molar-refractivity contribution in [1.82, 2.24) is 10.6 Å². The van der Waals surface area contributed by atoms with E-state index in [9.17, 15) is 0 Å². The molecule has 1 unspecified atom stereocenters. The molecule has 0 aliphatic rings. The lowest BCUT2D eigenvalue weighted by Gasteiger charge is -2.17. The Labute approximate surface area is 162 Å². The van der Waals surface area contributed by atoms with Crippen molar-refractivity contribution in [2.75, 3.05) is 41.5 Å². The lowest BCUT2D eigenvalue weighted by atomic mass is 10.1. The van der Waals surface area contributed by atoms with Crippen LogP contribution in [0.2, 0.25) is 0 Å². The van der Waals surface area contributed by atoms with E-state index in [2.05, 4.69) is 28.6 Å². The van der Waals surface area contributed by atoms with E-state index in [1.165, 1.54) is 5.56 Å². The van der Waals surface area contributed by atoms with Gasteiger partial charge in [-0.1, -0.05) is 6.07 Å². The number of ether oxygens (including phenoxy) is 3. The van der Waals surface area contributed by atoms with Crippen LogP contribution in [0, 0.1) is 0 Å². The summed E-state index contributed by atoms with van der Waals surface area (Å²) in [7, 11) is 6.76. The summed E-state index contributed by atoms with van der Waals surface area (Å²) in [5.74, 6) is 2.32. The summed E-state index contributed by atoms with van der Waals surface area (Å²) in [6.07, 6.45) is 1.95. The molecule has 7 heteroatoms. The Hall–Kier alpha value is -1.22. The summed E-state index contributed by atoms with van der Waals surface area (Å²) in [5, 5.41) is 6.58. The van der Waals surface area contributed by atoms with Gasteiger partial charge in [0.25, 0.3) is 0 Å². The number of halogens is 1. The first-order valence-corrected chi connectivity index (χ1v) is 7.81. The Morgan fingerprint density at radius 2 is 1.88 bits per heavy atom. The van der Waals surface area contributed by atoms with Crippen LogP contribution < -0.4 is 20.1 Å². The summed E-state index contributed by atoms with van der Waals surface area (Å²) < 4.78 is 15.7. The van der Waals surface area contributed by atoms with Gasteiger partial charge in [-0.3, -0.25) is 4.99 Å². The summed E-state index contributed by atoms with van der Waals surface area (Å²) >= 11 is 0. The van der Waals surface area contributed by atoms with Gasteiger partial charge >= 0.3 is 0 Å². The van der Waals surface area contributed by atoms with Gasteiger partial charge in [0, 0.05) is 26.7 Å². The van der Waals surface area contributed by atoms with E-state index in [-0.39, 0.29) is 30.0 Å². The van der Waals surface area contributed by atoms with Gasteiger partial charge in [0.05, 0.1) is 20.8 Å². The van der Waals surface area contributed by atoms with Crippen molar-refractivity contribution in [3.8, 4) is 11.5 Å². The van der Waals surface area contributed by atoms with Crippen LogP contribution in [0.5, 0.6) is 11.5 Å². The molecule has 138 valence electrons. The van der Waals surface area contributed by atoms with Crippen LogP contribution in [0.25, 0.3) is 0 Å². The Morgan fingerprint density at radius 1 is 1.17 bits per heavy atom. The van der Waals surface area contributed by atoms with Gasteiger partial charge in [-0.15, -0.1) is 24.0 Å². The van der Waals surface area contributed by atoms with Crippen LogP contribution in [-0.4, -0.2) is 53.5 Å². The summed E-state index contributed by atoms with van der Waals surface area (Å²) in [6, 6.07) is 6.24. The van der Waals surface area contributed by atoms with Crippen molar-refractivity contribution in [3.63, 3.8) is 0 Å². The van der Waals surface area contributed by atoms with Crippen molar-refractivity contribution in [2.24, 2.45) is 4.99 Å². The zero-order chi connectivity index (χ0) is 17.1. The molecule has 0 heterocycles. The third kappa shape index (κ3) is 8.05. The number of aliphatic imine (C=N–C) groups is 1. The number of benzene rings is 1. The summed E-state index contributed by atoms with van der Waals surface area (Å²) in [5.41, 5.74) is 1.22. The number of hydrogen-bond donors (Lipinski definition) is 2. The number of nitrogens with zero attached hydrogens (tertiary/aromatic N) is 1. The molecule has 6 nitrogen and oxygen atoms in total. The minimum absolute atomic E-state index is 0. The lowest BCUT2D eigenvalue weighted by molar-refractivity contribution is 0.179. The highest BCUT2D eigenvalue weighted by molar-refractivity contribution is 14.0. The zero-order valence-electron chi connectivity index (χ0n) is 15.2. The highest BCUT2D eigenvalue weighted by Gasteiger charge is 2.06. The van der Waals surface area contributed by atoms with Gasteiger partial charge in [0.2, 0.25) is 0 Å².